The van der Waals surface area contributed by atoms with Crippen LogP contribution in [0.5, 0.6) is 5.75 Å². The van der Waals surface area contributed by atoms with Crippen LogP contribution in [-0.2, 0) is 6.18 Å². The molecule has 2 aromatic rings. The molecule has 0 bridgehead atoms. The van der Waals surface area contributed by atoms with E-state index in [4.69, 9.17) is 4.74 Å². The highest BCUT2D eigenvalue weighted by molar-refractivity contribution is 5.99. The number of anilines is 1. The van der Waals surface area contributed by atoms with Gasteiger partial charge in [-0.05, 0) is 43.2 Å². The van der Waals surface area contributed by atoms with Gasteiger partial charge in [-0.3, -0.25) is 25.7 Å². The van der Waals surface area contributed by atoms with Crippen LogP contribution in [0.15, 0.2) is 35.4 Å². The summed E-state index contributed by atoms with van der Waals surface area (Å²) in [6.45, 7) is 3.30. The lowest BCUT2D eigenvalue weighted by atomic mass is 10.1. The molecule has 0 aliphatic heterocycles. The first kappa shape index (κ1) is 21.6. The zero-order chi connectivity index (χ0) is 21.9. The minimum atomic E-state index is -4.99. The van der Waals surface area contributed by atoms with Crippen molar-refractivity contribution in [2.24, 2.45) is 5.10 Å². The molecule has 1 N–H and O–H groups in total. The summed E-state index contributed by atoms with van der Waals surface area (Å²) in [4.78, 5) is 20.1. The van der Waals surface area contributed by atoms with E-state index in [1.807, 2.05) is 0 Å². The quantitative estimate of drug-likeness (QED) is 0.418. The van der Waals surface area contributed by atoms with Gasteiger partial charge in [0.05, 0.1) is 28.2 Å². The molecular weight excluding hydrogens is 397 g/mol. The number of ether oxygens (including phenoxy) is 1. The molecule has 0 atom stereocenters. The molecule has 9 nitrogen and oxygen atoms in total. The molecule has 0 unspecified atom stereocenters. The van der Waals surface area contributed by atoms with E-state index < -0.39 is 38.6 Å². The minimum Gasteiger partial charge on any atom is -0.496 e. The number of benzene rings is 2. The van der Waals surface area contributed by atoms with Gasteiger partial charge in [-0.1, -0.05) is 0 Å². The molecule has 0 radical (unpaired) electrons. The number of hydrogen-bond acceptors (Lipinski definition) is 7. The molecule has 29 heavy (non-hydrogen) atoms. The molecule has 0 spiro atoms. The Morgan fingerprint density at radius 3 is 2.07 bits per heavy atom. The molecule has 0 amide bonds. The molecule has 0 heterocycles. The fraction of sp³-hybridized carbons (Fsp3) is 0.235. The normalized spacial score (nSPS) is 11.9. The van der Waals surface area contributed by atoms with Crippen LogP contribution in [0.2, 0.25) is 0 Å². The Balaban J connectivity index is 2.53. The Labute approximate surface area is 162 Å². The number of nitro benzene ring substituents is 2. The fourth-order valence-electron chi connectivity index (χ4n) is 2.49. The van der Waals surface area contributed by atoms with Crippen LogP contribution in [0, 0.1) is 27.2 Å². The molecule has 2 aromatic carbocycles. The molecular formula is C17H15F3N4O5. The van der Waals surface area contributed by atoms with Crippen molar-refractivity contribution in [1.82, 2.24) is 0 Å². The van der Waals surface area contributed by atoms with Crippen molar-refractivity contribution in [1.29, 1.82) is 0 Å². The Morgan fingerprint density at radius 2 is 1.66 bits per heavy atom. The minimum absolute atomic E-state index is 0.220. The number of nitrogens with one attached hydrogen (secondary N) is 1. The summed E-state index contributed by atoms with van der Waals surface area (Å²) in [6, 6.07) is 5.44. The van der Waals surface area contributed by atoms with Crippen LogP contribution < -0.4 is 10.2 Å². The summed E-state index contributed by atoms with van der Waals surface area (Å²) in [7, 11) is 1.49. The van der Waals surface area contributed by atoms with Crippen LogP contribution in [-0.4, -0.2) is 22.7 Å². The largest absolute Gasteiger partial charge is 0.496 e. The predicted molar refractivity (Wildman–Crippen MR) is 98.3 cm³/mol. The van der Waals surface area contributed by atoms with Crippen LogP contribution in [0.3, 0.4) is 0 Å². The highest BCUT2D eigenvalue weighted by Gasteiger charge is 2.37. The van der Waals surface area contributed by atoms with Crippen molar-refractivity contribution in [2.45, 2.75) is 20.0 Å². The summed E-state index contributed by atoms with van der Waals surface area (Å²) < 4.78 is 43.9. The monoisotopic (exact) mass is 412 g/mol. The Kier molecular flexibility index (Phi) is 6.05. The number of rotatable bonds is 6. The maximum Gasteiger partial charge on any atom is 0.416 e. The van der Waals surface area contributed by atoms with Gasteiger partial charge in [0.2, 0.25) is 5.69 Å². The number of hydrogen-bond donors (Lipinski definition) is 1. The van der Waals surface area contributed by atoms with Gasteiger partial charge in [0.1, 0.15) is 5.75 Å². The van der Waals surface area contributed by atoms with Crippen molar-refractivity contribution in [3.05, 3.63) is 67.3 Å². The molecule has 0 aliphatic rings. The Morgan fingerprint density at radius 1 is 1.10 bits per heavy atom. The van der Waals surface area contributed by atoms with Crippen LogP contribution in [0.4, 0.5) is 30.2 Å². The van der Waals surface area contributed by atoms with E-state index in [2.05, 4.69) is 10.5 Å². The van der Waals surface area contributed by atoms with Crippen molar-refractivity contribution in [3.63, 3.8) is 0 Å². The SMILES string of the molecule is COc1ccc(/C(C)=N\Nc2c([N+](=O)[O-])cc(C(F)(F)F)cc2[N+](=O)[O-])cc1C. The second-order valence-electron chi connectivity index (χ2n) is 5.89. The van der Waals surface area contributed by atoms with Gasteiger partial charge in [-0.25, -0.2) is 0 Å². The highest BCUT2D eigenvalue weighted by Crippen LogP contribution is 2.41. The lowest BCUT2D eigenvalue weighted by Crippen LogP contribution is -2.10. The molecule has 2 rings (SSSR count). The smallest absolute Gasteiger partial charge is 0.416 e. The zero-order valence-electron chi connectivity index (χ0n) is 15.4. The molecule has 0 aromatic heterocycles. The van der Waals surface area contributed by atoms with E-state index in [0.717, 1.165) is 5.56 Å². The average molecular weight is 412 g/mol. The lowest BCUT2D eigenvalue weighted by molar-refractivity contribution is -0.392. The van der Waals surface area contributed by atoms with Gasteiger partial charge >= 0.3 is 17.6 Å². The van der Waals surface area contributed by atoms with E-state index in [-0.39, 0.29) is 12.1 Å². The first-order chi connectivity index (χ1) is 13.5. The van der Waals surface area contributed by atoms with Crippen molar-refractivity contribution in [2.75, 3.05) is 12.5 Å². The van der Waals surface area contributed by atoms with Crippen LogP contribution in [0.1, 0.15) is 23.6 Å². The van der Waals surface area contributed by atoms with Crippen molar-refractivity contribution < 1.29 is 27.8 Å². The fourth-order valence-corrected chi connectivity index (χ4v) is 2.49. The highest BCUT2D eigenvalue weighted by atomic mass is 19.4. The van der Waals surface area contributed by atoms with E-state index in [0.29, 0.717) is 17.0 Å². The third kappa shape index (κ3) is 4.78. The summed E-state index contributed by atoms with van der Waals surface area (Å²) in [6.07, 6.45) is -4.99. The van der Waals surface area contributed by atoms with Gasteiger partial charge < -0.3 is 4.74 Å². The second kappa shape index (κ2) is 8.12. The number of hydrazone groups is 1. The lowest BCUT2D eigenvalue weighted by Gasteiger charge is -2.10. The molecule has 12 heteroatoms. The van der Waals surface area contributed by atoms with Crippen molar-refractivity contribution >= 4 is 22.8 Å². The number of nitrogens with zero attached hydrogens (tertiary/aromatic N) is 3. The maximum atomic E-state index is 12.9. The molecule has 0 aliphatic carbocycles. The zero-order valence-corrected chi connectivity index (χ0v) is 15.4. The van der Waals surface area contributed by atoms with Crippen LogP contribution >= 0.6 is 0 Å². The van der Waals surface area contributed by atoms with Gasteiger partial charge in [0.15, 0.2) is 0 Å². The third-order valence-corrected chi connectivity index (χ3v) is 3.97. The van der Waals surface area contributed by atoms with Gasteiger partial charge in [-0.15, -0.1) is 0 Å². The summed E-state index contributed by atoms with van der Waals surface area (Å²) >= 11 is 0. The van der Waals surface area contributed by atoms with Gasteiger partial charge in [0, 0.05) is 12.1 Å². The molecule has 0 saturated carbocycles. The standard InChI is InChI=1S/C17H15F3N4O5/c1-9-6-11(4-5-15(9)29-3)10(2)21-22-16-13(23(25)26)7-12(17(18,19)20)8-14(16)24(27)28/h4-8,22H,1-3H3/b21-10-. The summed E-state index contributed by atoms with van der Waals surface area (Å²) in [5.41, 5.74) is -0.679. The first-order valence-electron chi connectivity index (χ1n) is 7.95. The number of halogens is 3. The van der Waals surface area contributed by atoms with E-state index in [1.165, 1.54) is 14.0 Å². The summed E-state index contributed by atoms with van der Waals surface area (Å²) in [5.74, 6) is 0.614. The average Bonchev–Trinajstić information content (AvgIpc) is 2.64. The Hall–Kier alpha value is -3.70. The van der Waals surface area contributed by atoms with Gasteiger partial charge in [-0.2, -0.15) is 18.3 Å². The molecule has 154 valence electrons. The topological polar surface area (TPSA) is 120 Å². The Bertz CT molecular complexity index is 970. The van der Waals surface area contributed by atoms with Crippen molar-refractivity contribution in [3.8, 4) is 5.75 Å². The number of methoxy groups -OCH3 is 1. The first-order valence-corrected chi connectivity index (χ1v) is 7.95. The maximum absolute atomic E-state index is 12.9. The molecule has 0 saturated heterocycles. The van der Waals surface area contributed by atoms with Gasteiger partial charge in [0.25, 0.3) is 0 Å². The van der Waals surface area contributed by atoms with E-state index in [9.17, 15) is 33.4 Å². The van der Waals surface area contributed by atoms with E-state index in [1.54, 1.807) is 25.1 Å². The van der Waals surface area contributed by atoms with E-state index >= 15 is 0 Å². The molecule has 0 fully saturated rings. The number of nitro groups is 2. The number of aryl methyl sites for hydroxylation is 1. The number of alkyl halides is 3. The second-order valence-corrected chi connectivity index (χ2v) is 5.89. The summed E-state index contributed by atoms with van der Waals surface area (Å²) in [5, 5.41) is 26.3. The predicted octanol–water partition coefficient (Wildman–Crippen LogP) is 4.67. The third-order valence-electron chi connectivity index (χ3n) is 3.97. The van der Waals surface area contributed by atoms with Crippen LogP contribution in [0.25, 0.3) is 0 Å².